The van der Waals surface area contributed by atoms with E-state index in [1.54, 1.807) is 13.8 Å². The molecule has 1 aromatic carbocycles. The fourth-order valence-corrected chi connectivity index (χ4v) is 7.33. The number of aliphatic hydroxyl groups excluding tert-OH is 1. The molecule has 198 valence electrons. The Morgan fingerprint density at radius 1 is 1.08 bits per heavy atom. The summed E-state index contributed by atoms with van der Waals surface area (Å²) in [5, 5.41) is 23.5. The molecular weight excluding hydrogens is 464 g/mol. The van der Waals surface area contributed by atoms with Crippen molar-refractivity contribution in [2.45, 2.75) is 93.1 Å². The van der Waals surface area contributed by atoms with Crippen LogP contribution < -0.4 is 0 Å². The highest BCUT2D eigenvalue weighted by Gasteiger charge is 2.69. The fraction of sp³-hybridized carbons (Fsp3) is 0.531. The molecule has 0 aromatic heterocycles. The highest BCUT2D eigenvalue weighted by molar-refractivity contribution is 6.33. The Balaban J connectivity index is 1.92. The third kappa shape index (κ3) is 3.89. The number of fused-ring (bicyclic) bond motifs is 3. The van der Waals surface area contributed by atoms with Gasteiger partial charge in [-0.05, 0) is 88.0 Å². The molecule has 5 heteroatoms. The van der Waals surface area contributed by atoms with Crippen LogP contribution in [-0.2, 0) is 20.8 Å². The van der Waals surface area contributed by atoms with Crippen LogP contribution in [-0.4, -0.2) is 33.2 Å². The minimum Gasteiger partial charge on any atom is -0.507 e. The van der Waals surface area contributed by atoms with E-state index in [0.29, 0.717) is 29.9 Å². The minimum atomic E-state index is -2.38. The first-order chi connectivity index (χ1) is 17.1. The van der Waals surface area contributed by atoms with E-state index in [1.165, 1.54) is 6.92 Å². The quantitative estimate of drug-likeness (QED) is 0.365. The number of hydrogen-bond acceptors (Lipinski definition) is 5. The molecule has 0 radical (unpaired) electrons. The SMILES string of the molecule is CC(=O)C1=C(C)C[C@@]2(C)C[C@@]3(C)Cc4c(/C(C)=C\CCC(C)C)ccc(C)c4C(O)=C3C(=O)[C@@]2(O)C1=O. The van der Waals surface area contributed by atoms with Gasteiger partial charge in [0.05, 0.1) is 5.57 Å². The van der Waals surface area contributed by atoms with Crippen LogP contribution in [0.2, 0.25) is 0 Å². The molecule has 0 heterocycles. The molecule has 0 bridgehead atoms. The molecule has 3 atom stereocenters. The lowest BCUT2D eigenvalue weighted by Gasteiger charge is -2.56. The Morgan fingerprint density at radius 2 is 1.73 bits per heavy atom. The average molecular weight is 505 g/mol. The molecule has 1 saturated carbocycles. The van der Waals surface area contributed by atoms with Crippen molar-refractivity contribution in [1.82, 2.24) is 0 Å². The summed E-state index contributed by atoms with van der Waals surface area (Å²) in [5.41, 5.74) is 1.03. The van der Waals surface area contributed by atoms with Crippen molar-refractivity contribution in [2.24, 2.45) is 16.7 Å². The first kappa shape index (κ1) is 27.3. The van der Waals surface area contributed by atoms with Gasteiger partial charge in [0.25, 0.3) is 0 Å². The number of aliphatic hydroxyl groups is 2. The summed E-state index contributed by atoms with van der Waals surface area (Å²) in [6.07, 6.45) is 5.41. The maximum Gasteiger partial charge on any atom is 0.206 e. The van der Waals surface area contributed by atoms with Gasteiger partial charge in [-0.1, -0.05) is 51.5 Å². The van der Waals surface area contributed by atoms with Crippen LogP contribution in [0.4, 0.5) is 0 Å². The van der Waals surface area contributed by atoms with Gasteiger partial charge in [0.15, 0.2) is 11.4 Å². The summed E-state index contributed by atoms with van der Waals surface area (Å²) < 4.78 is 0. The second-order valence-corrected chi connectivity index (χ2v) is 12.6. The van der Waals surface area contributed by atoms with Crippen LogP contribution >= 0.6 is 0 Å². The number of rotatable bonds is 5. The maximum atomic E-state index is 14.1. The van der Waals surface area contributed by atoms with Crippen LogP contribution in [0.5, 0.6) is 0 Å². The van der Waals surface area contributed by atoms with Crippen LogP contribution in [0.25, 0.3) is 11.3 Å². The zero-order valence-electron chi connectivity index (χ0n) is 23.5. The topological polar surface area (TPSA) is 91.7 Å². The summed E-state index contributed by atoms with van der Waals surface area (Å²) in [4.78, 5) is 40.0. The second-order valence-electron chi connectivity index (χ2n) is 12.6. The Bertz CT molecular complexity index is 1320. The molecule has 1 aromatic rings. The lowest BCUT2D eigenvalue weighted by molar-refractivity contribution is -0.171. The first-order valence-corrected chi connectivity index (χ1v) is 13.4. The third-order valence-electron chi connectivity index (χ3n) is 8.98. The summed E-state index contributed by atoms with van der Waals surface area (Å²) in [6.45, 7) is 15.1. The minimum absolute atomic E-state index is 0.0890. The predicted molar refractivity (Wildman–Crippen MR) is 146 cm³/mol. The molecule has 0 amide bonds. The van der Waals surface area contributed by atoms with Crippen LogP contribution in [0.1, 0.15) is 96.4 Å². The van der Waals surface area contributed by atoms with E-state index < -0.39 is 33.8 Å². The highest BCUT2D eigenvalue weighted by Crippen LogP contribution is 2.62. The fourth-order valence-electron chi connectivity index (χ4n) is 7.33. The number of benzene rings is 1. The van der Waals surface area contributed by atoms with Crippen LogP contribution in [0.15, 0.2) is 34.9 Å². The molecule has 2 N–H and O–H groups in total. The predicted octanol–water partition coefficient (Wildman–Crippen LogP) is 6.25. The summed E-state index contributed by atoms with van der Waals surface area (Å²) >= 11 is 0. The number of carbonyl (C=O) groups is 3. The molecule has 5 nitrogen and oxygen atoms in total. The van der Waals surface area contributed by atoms with Crippen molar-refractivity contribution in [1.29, 1.82) is 0 Å². The number of aryl methyl sites for hydroxylation is 1. The van der Waals surface area contributed by atoms with Crippen molar-refractivity contribution in [3.05, 3.63) is 57.2 Å². The van der Waals surface area contributed by atoms with E-state index in [2.05, 4.69) is 32.9 Å². The summed E-state index contributed by atoms with van der Waals surface area (Å²) in [7, 11) is 0. The third-order valence-corrected chi connectivity index (χ3v) is 8.98. The van der Waals surface area contributed by atoms with Crippen molar-refractivity contribution in [2.75, 3.05) is 0 Å². The molecule has 37 heavy (non-hydrogen) atoms. The number of ketones is 3. The Morgan fingerprint density at radius 3 is 2.32 bits per heavy atom. The molecule has 0 spiro atoms. The van der Waals surface area contributed by atoms with Gasteiger partial charge in [0.1, 0.15) is 5.76 Å². The average Bonchev–Trinajstić information content (AvgIpc) is 2.75. The van der Waals surface area contributed by atoms with Crippen LogP contribution in [0, 0.1) is 23.7 Å². The summed E-state index contributed by atoms with van der Waals surface area (Å²) in [5.74, 6) is -1.60. The van der Waals surface area contributed by atoms with E-state index in [4.69, 9.17) is 0 Å². The van der Waals surface area contributed by atoms with Gasteiger partial charge in [-0.25, -0.2) is 0 Å². The molecule has 0 saturated heterocycles. The Kier molecular flexibility index (Phi) is 6.56. The molecule has 0 aliphatic heterocycles. The van der Waals surface area contributed by atoms with Gasteiger partial charge < -0.3 is 10.2 Å². The number of hydrogen-bond donors (Lipinski definition) is 2. The van der Waals surface area contributed by atoms with Crippen molar-refractivity contribution < 1.29 is 24.6 Å². The Hall–Kier alpha value is -2.79. The van der Waals surface area contributed by atoms with E-state index in [0.717, 1.165) is 35.1 Å². The van der Waals surface area contributed by atoms with Crippen molar-refractivity contribution in [3.63, 3.8) is 0 Å². The van der Waals surface area contributed by atoms with Crippen LogP contribution in [0.3, 0.4) is 0 Å². The monoisotopic (exact) mass is 504 g/mol. The maximum absolute atomic E-state index is 14.1. The van der Waals surface area contributed by atoms with Gasteiger partial charge in [-0.2, -0.15) is 0 Å². The smallest absolute Gasteiger partial charge is 0.206 e. The molecule has 4 rings (SSSR count). The van der Waals surface area contributed by atoms with Gasteiger partial charge in [0.2, 0.25) is 11.6 Å². The van der Waals surface area contributed by atoms with Crippen molar-refractivity contribution >= 4 is 28.7 Å². The number of allylic oxidation sites excluding steroid dienone is 3. The Labute approximate surface area is 220 Å². The van der Waals surface area contributed by atoms with E-state index in [9.17, 15) is 24.6 Å². The molecule has 3 aliphatic carbocycles. The standard InChI is InChI=1S/C32H40O5/c1-17(2)10-9-11-18(3)22-13-12-19(4)25-23(22)15-30(7)16-31(8)14-20(5)24(21(6)33)28(35)32(31,37)29(36)26(30)27(25)34/h11-13,17,34,37H,9-10,14-16H2,1-8H3/b18-11-/t30-,31+,32+/m1/s1. The first-order valence-electron chi connectivity index (χ1n) is 13.4. The molecule has 0 unspecified atom stereocenters. The summed E-state index contributed by atoms with van der Waals surface area (Å²) in [6, 6.07) is 4.04. The van der Waals surface area contributed by atoms with E-state index in [-0.39, 0.29) is 23.3 Å². The van der Waals surface area contributed by atoms with Gasteiger partial charge in [-0.15, -0.1) is 0 Å². The number of carbonyl (C=O) groups excluding carboxylic acids is 3. The van der Waals surface area contributed by atoms with Gasteiger partial charge in [-0.3, -0.25) is 14.4 Å². The zero-order chi connectivity index (χ0) is 27.7. The lowest BCUT2D eigenvalue weighted by Crippen LogP contribution is -2.67. The normalized spacial score (nSPS) is 29.9. The van der Waals surface area contributed by atoms with Crippen molar-refractivity contribution in [3.8, 4) is 0 Å². The molecular formula is C32H40O5. The van der Waals surface area contributed by atoms with Gasteiger partial charge >= 0.3 is 0 Å². The molecule has 1 fully saturated rings. The zero-order valence-corrected chi connectivity index (χ0v) is 23.5. The van der Waals surface area contributed by atoms with Gasteiger partial charge in [0, 0.05) is 22.0 Å². The molecule has 3 aliphatic rings. The largest absolute Gasteiger partial charge is 0.507 e. The van der Waals surface area contributed by atoms with E-state index in [1.807, 2.05) is 19.9 Å². The second kappa shape index (κ2) is 8.90. The lowest BCUT2D eigenvalue weighted by atomic mass is 9.46. The highest BCUT2D eigenvalue weighted by atomic mass is 16.3. The van der Waals surface area contributed by atoms with E-state index >= 15 is 0 Å². The number of Topliss-reactive ketones (excluding diaryl/α,β-unsaturated/α-hetero) is 3.